The van der Waals surface area contributed by atoms with Crippen molar-refractivity contribution in [2.75, 3.05) is 26.2 Å². The lowest BCUT2D eigenvalue weighted by molar-refractivity contribution is -0.136. The van der Waals surface area contributed by atoms with Crippen LogP contribution in [0, 0.1) is 5.41 Å². The van der Waals surface area contributed by atoms with Crippen molar-refractivity contribution in [1.82, 2.24) is 10.2 Å². The van der Waals surface area contributed by atoms with Crippen LogP contribution in [0.25, 0.3) is 0 Å². The zero-order valence-electron chi connectivity index (χ0n) is 7.60. The van der Waals surface area contributed by atoms with Crippen LogP contribution in [0.5, 0.6) is 0 Å². The summed E-state index contributed by atoms with van der Waals surface area (Å²) in [6, 6.07) is 0. The Morgan fingerprint density at radius 1 is 1.33 bits per heavy atom. The van der Waals surface area contributed by atoms with Crippen LogP contribution in [0.4, 0.5) is 0 Å². The van der Waals surface area contributed by atoms with E-state index in [4.69, 9.17) is 0 Å². The molecule has 1 N–H and O–H groups in total. The molecule has 2 rings (SSSR count). The summed E-state index contributed by atoms with van der Waals surface area (Å²) < 4.78 is 0. The number of nitrogens with one attached hydrogen (secondary N) is 1. The number of nitrogens with zero attached hydrogens (tertiary/aromatic N) is 1. The number of carbonyl (C=O) groups is 1. The van der Waals surface area contributed by atoms with Crippen LogP contribution in [0.3, 0.4) is 0 Å². The molecule has 1 saturated heterocycles. The van der Waals surface area contributed by atoms with Gasteiger partial charge in [0, 0.05) is 31.6 Å². The Kier molecular flexibility index (Phi) is 1.83. The Labute approximate surface area is 73.1 Å². The molecular formula is C9H16N2O. The summed E-state index contributed by atoms with van der Waals surface area (Å²) in [4.78, 5) is 13.8. The number of hydrogen-bond acceptors (Lipinski definition) is 2. The van der Waals surface area contributed by atoms with E-state index >= 15 is 0 Å². The van der Waals surface area contributed by atoms with Crippen LogP contribution < -0.4 is 5.32 Å². The molecule has 0 radical (unpaired) electrons. The third kappa shape index (κ3) is 1.33. The van der Waals surface area contributed by atoms with Crippen molar-refractivity contribution in [1.29, 1.82) is 0 Å². The van der Waals surface area contributed by atoms with Gasteiger partial charge >= 0.3 is 0 Å². The molecule has 2 aliphatic rings. The second-order valence-corrected chi connectivity index (χ2v) is 4.10. The normalized spacial score (nSPS) is 26.9. The largest absolute Gasteiger partial charge is 0.340 e. The van der Waals surface area contributed by atoms with Crippen molar-refractivity contribution in [2.24, 2.45) is 5.41 Å². The van der Waals surface area contributed by atoms with Crippen molar-refractivity contribution in [3.05, 3.63) is 0 Å². The lowest BCUT2D eigenvalue weighted by Crippen LogP contribution is -2.48. The fourth-order valence-corrected chi connectivity index (χ4v) is 1.65. The van der Waals surface area contributed by atoms with E-state index in [0.29, 0.717) is 5.91 Å². The minimum absolute atomic E-state index is 0.0251. The van der Waals surface area contributed by atoms with Crippen molar-refractivity contribution in [3.8, 4) is 0 Å². The topological polar surface area (TPSA) is 32.3 Å². The minimum atomic E-state index is 0.0251. The van der Waals surface area contributed by atoms with Gasteiger partial charge in [-0.25, -0.2) is 0 Å². The summed E-state index contributed by atoms with van der Waals surface area (Å²) in [5.41, 5.74) is 0.0251. The first-order valence-electron chi connectivity index (χ1n) is 4.72. The summed E-state index contributed by atoms with van der Waals surface area (Å²) in [5, 5.41) is 3.25. The average molecular weight is 168 g/mol. The molecule has 0 atom stereocenters. The van der Waals surface area contributed by atoms with Gasteiger partial charge in [-0.2, -0.15) is 0 Å². The van der Waals surface area contributed by atoms with E-state index in [1.54, 1.807) is 0 Å². The molecule has 1 saturated carbocycles. The number of carbonyl (C=O) groups excluding carboxylic acids is 1. The third-order valence-corrected chi connectivity index (χ3v) is 2.92. The van der Waals surface area contributed by atoms with E-state index in [1.807, 2.05) is 4.90 Å². The molecule has 1 amide bonds. The summed E-state index contributed by atoms with van der Waals surface area (Å²) in [6.45, 7) is 5.80. The standard InChI is InChI=1S/C9H16N2O/c1-9(2-3-9)8(12)11-6-4-10-5-7-11/h10H,2-7H2,1H3. The summed E-state index contributed by atoms with van der Waals surface area (Å²) in [5.74, 6) is 0.379. The maximum atomic E-state index is 11.8. The maximum Gasteiger partial charge on any atom is 0.228 e. The SMILES string of the molecule is CC1(C(=O)N2CCNCC2)CC1. The molecular weight excluding hydrogens is 152 g/mol. The Balaban J connectivity index is 1.94. The number of piperazine rings is 1. The second kappa shape index (κ2) is 2.73. The average Bonchev–Trinajstić information content (AvgIpc) is 2.85. The highest BCUT2D eigenvalue weighted by Crippen LogP contribution is 2.46. The Hall–Kier alpha value is -0.570. The van der Waals surface area contributed by atoms with Gasteiger partial charge in [0.05, 0.1) is 0 Å². The van der Waals surface area contributed by atoms with Gasteiger partial charge < -0.3 is 10.2 Å². The molecule has 1 aliphatic heterocycles. The third-order valence-electron chi connectivity index (χ3n) is 2.92. The van der Waals surface area contributed by atoms with Crippen molar-refractivity contribution in [2.45, 2.75) is 19.8 Å². The zero-order chi connectivity index (χ0) is 8.60. The second-order valence-electron chi connectivity index (χ2n) is 4.10. The van der Waals surface area contributed by atoms with Crippen LogP contribution in [-0.2, 0) is 4.79 Å². The van der Waals surface area contributed by atoms with Crippen LogP contribution in [-0.4, -0.2) is 37.0 Å². The minimum Gasteiger partial charge on any atom is -0.340 e. The van der Waals surface area contributed by atoms with E-state index in [1.165, 1.54) is 0 Å². The lowest BCUT2D eigenvalue weighted by Gasteiger charge is -2.29. The van der Waals surface area contributed by atoms with Crippen LogP contribution in [0.15, 0.2) is 0 Å². The molecule has 0 aromatic heterocycles. The van der Waals surface area contributed by atoms with Gasteiger partial charge in [0.2, 0.25) is 5.91 Å². The molecule has 1 heterocycles. The fraction of sp³-hybridized carbons (Fsp3) is 0.889. The number of hydrogen-bond donors (Lipinski definition) is 1. The van der Waals surface area contributed by atoms with E-state index in [2.05, 4.69) is 12.2 Å². The molecule has 0 aromatic carbocycles. The predicted octanol–water partition coefficient (Wildman–Crippen LogP) is 0.218. The number of amides is 1. The molecule has 1 aliphatic carbocycles. The first-order valence-corrected chi connectivity index (χ1v) is 4.72. The predicted molar refractivity (Wildman–Crippen MR) is 46.8 cm³/mol. The molecule has 0 spiro atoms. The van der Waals surface area contributed by atoms with Crippen molar-refractivity contribution >= 4 is 5.91 Å². The van der Waals surface area contributed by atoms with E-state index < -0.39 is 0 Å². The monoisotopic (exact) mass is 168 g/mol. The fourth-order valence-electron chi connectivity index (χ4n) is 1.65. The van der Waals surface area contributed by atoms with Crippen LogP contribution in [0.2, 0.25) is 0 Å². The quantitative estimate of drug-likeness (QED) is 0.607. The summed E-state index contributed by atoms with van der Waals surface area (Å²) in [7, 11) is 0. The van der Waals surface area contributed by atoms with E-state index in [-0.39, 0.29) is 5.41 Å². The van der Waals surface area contributed by atoms with Crippen molar-refractivity contribution < 1.29 is 4.79 Å². The highest BCUT2D eigenvalue weighted by molar-refractivity contribution is 5.85. The highest BCUT2D eigenvalue weighted by Gasteiger charge is 2.47. The van der Waals surface area contributed by atoms with Gasteiger partial charge in [0.25, 0.3) is 0 Å². The molecule has 0 bridgehead atoms. The smallest absolute Gasteiger partial charge is 0.228 e. The lowest BCUT2D eigenvalue weighted by atomic mass is 10.1. The zero-order valence-corrected chi connectivity index (χ0v) is 7.60. The van der Waals surface area contributed by atoms with Gasteiger partial charge in [-0.05, 0) is 12.8 Å². The van der Waals surface area contributed by atoms with Gasteiger partial charge in [0.1, 0.15) is 0 Å². The molecule has 3 heteroatoms. The summed E-state index contributed by atoms with van der Waals surface area (Å²) >= 11 is 0. The van der Waals surface area contributed by atoms with Gasteiger partial charge in [-0.3, -0.25) is 4.79 Å². The molecule has 12 heavy (non-hydrogen) atoms. The van der Waals surface area contributed by atoms with Gasteiger partial charge in [0.15, 0.2) is 0 Å². The molecule has 2 fully saturated rings. The Bertz CT molecular complexity index is 193. The van der Waals surface area contributed by atoms with Gasteiger partial charge in [-0.1, -0.05) is 6.92 Å². The maximum absolute atomic E-state index is 11.8. The Morgan fingerprint density at radius 3 is 2.42 bits per heavy atom. The van der Waals surface area contributed by atoms with Crippen LogP contribution >= 0.6 is 0 Å². The first kappa shape index (κ1) is 8.05. The van der Waals surface area contributed by atoms with E-state index in [9.17, 15) is 4.79 Å². The summed E-state index contributed by atoms with van der Waals surface area (Å²) in [6.07, 6.45) is 2.19. The molecule has 0 aromatic rings. The molecule has 0 unspecified atom stereocenters. The highest BCUT2D eigenvalue weighted by atomic mass is 16.2. The van der Waals surface area contributed by atoms with E-state index in [0.717, 1.165) is 39.0 Å². The first-order chi connectivity index (χ1) is 5.72. The van der Waals surface area contributed by atoms with Crippen molar-refractivity contribution in [3.63, 3.8) is 0 Å². The number of rotatable bonds is 1. The van der Waals surface area contributed by atoms with Gasteiger partial charge in [-0.15, -0.1) is 0 Å². The Morgan fingerprint density at radius 2 is 1.92 bits per heavy atom. The van der Waals surface area contributed by atoms with Crippen LogP contribution in [0.1, 0.15) is 19.8 Å². The molecule has 68 valence electrons. The molecule has 3 nitrogen and oxygen atoms in total.